The smallest absolute Gasteiger partial charge is 0.748 e. The fourth-order valence-corrected chi connectivity index (χ4v) is 8.17. The van der Waals surface area contributed by atoms with Crippen molar-refractivity contribution in [2.24, 2.45) is 0 Å². The van der Waals surface area contributed by atoms with E-state index in [-0.39, 0.29) is 49.0 Å². The molecule has 3 N–H and O–H groups in total. The van der Waals surface area contributed by atoms with E-state index in [2.05, 4.69) is 13.8 Å². The third kappa shape index (κ3) is 33.8. The average Bonchev–Trinajstić information content (AvgIpc) is 3.18. The van der Waals surface area contributed by atoms with Gasteiger partial charge in [0.05, 0.1) is 22.5 Å². The Morgan fingerprint density at radius 2 is 0.898 bits per heavy atom. The molecule has 344 valence electrons. The average molecular weight is 873 g/mol. The number of aliphatic hydroxyl groups excluding tert-OH is 3. The molecule has 0 unspecified atom stereocenters. The standard InChI is InChI=1S/C45H86O12S.Na/c1-3-5-7-9-11-13-15-17-19-21-23-25-27-29-31-33-40(46)54-35-38(36-55-45-44(50)43(49)42(48)39(57-45)37-58(51,52)53)56-41(47)34-32-30-28-26-24-22-20-18-16-14-12-10-8-6-4-2;/h38-39,42-45,48-50H,3-37H2,1-2H3,(H,51,52,53);/q;+1/p-1/t38-,39+,42+,43-,44+,45+;/m0./s1. The van der Waals surface area contributed by atoms with E-state index in [1.807, 2.05) is 0 Å². The van der Waals surface area contributed by atoms with Gasteiger partial charge in [-0.3, -0.25) is 9.59 Å². The second-order valence-corrected chi connectivity index (χ2v) is 18.2. The molecule has 6 atom stereocenters. The van der Waals surface area contributed by atoms with Gasteiger partial charge in [0.2, 0.25) is 0 Å². The fourth-order valence-electron chi connectivity index (χ4n) is 7.50. The van der Waals surface area contributed by atoms with Crippen molar-refractivity contribution in [3.63, 3.8) is 0 Å². The quantitative estimate of drug-likeness (QED) is 0.0269. The Morgan fingerprint density at radius 3 is 1.27 bits per heavy atom. The molecule has 0 aromatic heterocycles. The molecule has 0 bridgehead atoms. The maximum atomic E-state index is 12.8. The first kappa shape index (κ1) is 58.6. The van der Waals surface area contributed by atoms with E-state index in [4.69, 9.17) is 18.9 Å². The molecule has 0 aromatic rings. The minimum absolute atomic E-state index is 0. The van der Waals surface area contributed by atoms with Crippen molar-refractivity contribution in [2.45, 2.75) is 256 Å². The molecule has 1 rings (SSSR count). The predicted octanol–water partition coefficient (Wildman–Crippen LogP) is 6.34. The van der Waals surface area contributed by atoms with Crippen LogP contribution in [0.25, 0.3) is 0 Å². The number of unbranched alkanes of at least 4 members (excludes halogenated alkanes) is 28. The molecule has 1 aliphatic rings. The third-order valence-electron chi connectivity index (χ3n) is 11.2. The van der Waals surface area contributed by atoms with Crippen molar-refractivity contribution in [1.29, 1.82) is 0 Å². The van der Waals surface area contributed by atoms with E-state index < -0.39 is 71.2 Å². The molecule has 0 radical (unpaired) electrons. The van der Waals surface area contributed by atoms with Crippen LogP contribution < -0.4 is 29.6 Å². The van der Waals surface area contributed by atoms with Crippen molar-refractivity contribution >= 4 is 22.1 Å². The summed E-state index contributed by atoms with van der Waals surface area (Å²) in [4.78, 5) is 25.4. The van der Waals surface area contributed by atoms with Crippen molar-refractivity contribution in [2.75, 3.05) is 19.0 Å². The number of hydrogen-bond acceptors (Lipinski definition) is 12. The Bertz CT molecular complexity index is 1100. The number of ether oxygens (including phenoxy) is 4. The summed E-state index contributed by atoms with van der Waals surface area (Å²) in [6, 6.07) is 0. The fraction of sp³-hybridized carbons (Fsp3) is 0.956. The molecular weight excluding hydrogens is 788 g/mol. The molecule has 1 saturated heterocycles. The Hall–Kier alpha value is -0.350. The van der Waals surface area contributed by atoms with Gasteiger partial charge >= 0.3 is 41.5 Å². The van der Waals surface area contributed by atoms with Gasteiger partial charge in [-0.15, -0.1) is 0 Å². The number of aliphatic hydroxyl groups is 3. The largest absolute Gasteiger partial charge is 1.00 e. The Balaban J connectivity index is 0.0000336. The summed E-state index contributed by atoms with van der Waals surface area (Å²) in [7, 11) is -4.85. The van der Waals surface area contributed by atoms with Gasteiger partial charge < -0.3 is 38.8 Å². The van der Waals surface area contributed by atoms with Crippen LogP contribution >= 0.6 is 0 Å². The van der Waals surface area contributed by atoms with Crippen LogP contribution in [0.15, 0.2) is 0 Å². The van der Waals surface area contributed by atoms with E-state index >= 15 is 0 Å². The van der Waals surface area contributed by atoms with E-state index in [0.717, 1.165) is 38.5 Å². The number of carbonyl (C=O) groups excluding carboxylic acids is 2. The summed E-state index contributed by atoms with van der Waals surface area (Å²) in [5.74, 6) is -2.09. The van der Waals surface area contributed by atoms with Gasteiger partial charge in [0.25, 0.3) is 0 Å². The number of esters is 2. The molecule has 0 amide bonds. The normalized spacial score (nSPS) is 19.9. The summed E-state index contributed by atoms with van der Waals surface area (Å²) in [6.07, 6.45) is 26.8. The van der Waals surface area contributed by atoms with Crippen molar-refractivity contribution in [1.82, 2.24) is 0 Å². The molecule has 14 heteroatoms. The van der Waals surface area contributed by atoms with E-state index in [9.17, 15) is 37.9 Å². The zero-order chi connectivity index (χ0) is 42.7. The minimum atomic E-state index is -4.85. The van der Waals surface area contributed by atoms with Gasteiger partial charge in [0.1, 0.15) is 31.0 Å². The summed E-state index contributed by atoms with van der Waals surface area (Å²) >= 11 is 0. The molecule has 0 saturated carbocycles. The van der Waals surface area contributed by atoms with Crippen LogP contribution in [0.3, 0.4) is 0 Å². The van der Waals surface area contributed by atoms with Gasteiger partial charge in [0, 0.05) is 12.8 Å². The monoisotopic (exact) mass is 873 g/mol. The first-order valence-corrected chi connectivity index (χ1v) is 25.2. The molecule has 0 aliphatic carbocycles. The molecule has 59 heavy (non-hydrogen) atoms. The van der Waals surface area contributed by atoms with Gasteiger partial charge in [0.15, 0.2) is 12.4 Å². The third-order valence-corrected chi connectivity index (χ3v) is 11.9. The topological polar surface area (TPSA) is 189 Å². The van der Waals surface area contributed by atoms with Crippen LogP contribution in [-0.4, -0.2) is 96.0 Å². The first-order valence-electron chi connectivity index (χ1n) is 23.6. The van der Waals surface area contributed by atoms with E-state index in [0.29, 0.717) is 12.8 Å². The Morgan fingerprint density at radius 1 is 0.542 bits per heavy atom. The number of hydrogen-bond donors (Lipinski definition) is 3. The van der Waals surface area contributed by atoms with Crippen molar-refractivity contribution < 1.29 is 86.4 Å². The zero-order valence-corrected chi connectivity index (χ0v) is 40.5. The van der Waals surface area contributed by atoms with E-state index in [1.165, 1.54) is 141 Å². The summed E-state index contributed by atoms with van der Waals surface area (Å²) < 4.78 is 55.9. The van der Waals surface area contributed by atoms with Crippen molar-refractivity contribution in [3.05, 3.63) is 0 Å². The summed E-state index contributed by atoms with van der Waals surface area (Å²) in [5.41, 5.74) is 0. The second-order valence-electron chi connectivity index (χ2n) is 16.8. The minimum Gasteiger partial charge on any atom is -0.748 e. The molecule has 1 aliphatic heterocycles. The van der Waals surface area contributed by atoms with E-state index in [1.54, 1.807) is 0 Å². The molecule has 1 heterocycles. The maximum absolute atomic E-state index is 12.8. The van der Waals surface area contributed by atoms with Crippen LogP contribution in [-0.2, 0) is 38.7 Å². The maximum Gasteiger partial charge on any atom is 1.00 e. The molecule has 1 fully saturated rings. The van der Waals surface area contributed by atoms with Crippen molar-refractivity contribution in [3.8, 4) is 0 Å². The van der Waals surface area contributed by atoms with Crippen LogP contribution in [0, 0.1) is 0 Å². The Kier molecular flexibility index (Phi) is 39.0. The Labute approximate surface area is 381 Å². The SMILES string of the molecule is CCCCCCCCCCCCCCCCCC(=O)OC[C@@H](CO[C@@H]1O[C@H](CS(=O)(=O)[O-])[C@@H](O)[C@H](O)[C@H]1O)OC(=O)CCCCCCCCCCCCCCCCC.[Na+]. The summed E-state index contributed by atoms with van der Waals surface area (Å²) in [5, 5.41) is 30.8. The first-order chi connectivity index (χ1) is 28.0. The second kappa shape index (κ2) is 39.3. The molecule has 12 nitrogen and oxygen atoms in total. The van der Waals surface area contributed by atoms with Crippen LogP contribution in [0.1, 0.15) is 219 Å². The number of carbonyl (C=O) groups is 2. The van der Waals surface area contributed by atoms with Crippen LogP contribution in [0.2, 0.25) is 0 Å². The van der Waals surface area contributed by atoms with Gasteiger partial charge in [-0.1, -0.05) is 194 Å². The molecule has 0 aromatic carbocycles. The molecular formula is C45H85NaO12S. The summed E-state index contributed by atoms with van der Waals surface area (Å²) in [6.45, 7) is 3.76. The van der Waals surface area contributed by atoms with Crippen LogP contribution in [0.4, 0.5) is 0 Å². The predicted molar refractivity (Wildman–Crippen MR) is 227 cm³/mol. The van der Waals surface area contributed by atoms with Crippen LogP contribution in [0.5, 0.6) is 0 Å². The molecule has 0 spiro atoms. The number of rotatable bonds is 40. The van der Waals surface area contributed by atoms with Gasteiger partial charge in [-0.05, 0) is 12.8 Å². The van der Waals surface area contributed by atoms with Gasteiger partial charge in [-0.25, -0.2) is 8.42 Å². The van der Waals surface area contributed by atoms with Gasteiger partial charge in [-0.2, -0.15) is 0 Å². The zero-order valence-electron chi connectivity index (χ0n) is 37.6.